The van der Waals surface area contributed by atoms with E-state index in [0.29, 0.717) is 0 Å². The van der Waals surface area contributed by atoms with Gasteiger partial charge in [-0.15, -0.1) is 0 Å². The van der Waals surface area contributed by atoms with Crippen LogP contribution in [0.5, 0.6) is 0 Å². The Morgan fingerprint density at radius 3 is 2.78 bits per heavy atom. The number of fused-ring (bicyclic) bond motifs is 1. The van der Waals surface area contributed by atoms with Gasteiger partial charge in [0.1, 0.15) is 0 Å². The van der Waals surface area contributed by atoms with E-state index in [0.717, 1.165) is 41.9 Å². The summed E-state index contributed by atoms with van der Waals surface area (Å²) in [5.41, 5.74) is 3.46. The van der Waals surface area contributed by atoms with Crippen molar-refractivity contribution in [3.05, 3.63) is 34.4 Å². The maximum atomic E-state index is 4.61. The second-order valence-corrected chi connectivity index (χ2v) is 5.60. The van der Waals surface area contributed by atoms with Gasteiger partial charge in [-0.05, 0) is 31.2 Å². The normalized spacial score (nSPS) is 16.2. The lowest BCUT2D eigenvalue weighted by atomic mass is 10.1. The lowest BCUT2D eigenvalue weighted by molar-refractivity contribution is 0.590. The summed E-state index contributed by atoms with van der Waals surface area (Å²) in [5.74, 6) is 0. The van der Waals surface area contributed by atoms with Crippen molar-refractivity contribution < 1.29 is 0 Å². The van der Waals surface area contributed by atoms with Crippen LogP contribution in [0.4, 0.5) is 5.69 Å². The van der Waals surface area contributed by atoms with E-state index in [9.17, 15) is 0 Å². The topological polar surface area (TPSA) is 28.2 Å². The van der Waals surface area contributed by atoms with Gasteiger partial charge in [0.05, 0.1) is 5.52 Å². The van der Waals surface area contributed by atoms with Crippen LogP contribution in [0.1, 0.15) is 5.69 Å². The maximum absolute atomic E-state index is 4.61. The Kier molecular flexibility index (Phi) is 3.22. The van der Waals surface area contributed by atoms with Crippen LogP contribution in [-0.2, 0) is 0 Å². The first-order valence-corrected chi connectivity index (χ1v) is 7.06. The van der Waals surface area contributed by atoms with Crippen LogP contribution >= 0.6 is 15.9 Å². The highest BCUT2D eigenvalue weighted by molar-refractivity contribution is 9.10. The van der Waals surface area contributed by atoms with Gasteiger partial charge in [-0.1, -0.05) is 15.9 Å². The molecule has 1 fully saturated rings. The standard InChI is InChI=1S/C14H16BrN3/c1-10-8-14(18-6-4-16-5-7-18)12-9-11(15)2-3-13(12)17-10/h2-3,8-9,16H,4-7H2,1H3. The van der Waals surface area contributed by atoms with Crippen LogP contribution < -0.4 is 10.2 Å². The third-order valence-corrected chi connectivity index (χ3v) is 3.83. The minimum absolute atomic E-state index is 1.05. The van der Waals surface area contributed by atoms with Gasteiger partial charge in [0.15, 0.2) is 0 Å². The molecule has 1 saturated heterocycles. The fourth-order valence-corrected chi connectivity index (χ4v) is 2.84. The zero-order valence-corrected chi connectivity index (χ0v) is 12.0. The Morgan fingerprint density at radius 1 is 1.22 bits per heavy atom. The predicted octanol–water partition coefficient (Wildman–Crippen LogP) is 2.72. The van der Waals surface area contributed by atoms with E-state index in [1.54, 1.807) is 0 Å². The summed E-state index contributed by atoms with van der Waals surface area (Å²) in [5, 5.41) is 4.63. The van der Waals surface area contributed by atoms with Crippen LogP contribution in [0.15, 0.2) is 28.7 Å². The Morgan fingerprint density at radius 2 is 2.00 bits per heavy atom. The molecule has 94 valence electrons. The summed E-state index contributed by atoms with van der Waals surface area (Å²) in [6, 6.07) is 8.49. The van der Waals surface area contributed by atoms with Gasteiger partial charge in [-0.25, -0.2) is 0 Å². The molecule has 1 aliphatic heterocycles. The average Bonchev–Trinajstić information content (AvgIpc) is 2.39. The first kappa shape index (κ1) is 11.9. The molecule has 1 aromatic heterocycles. The van der Waals surface area contributed by atoms with Crippen molar-refractivity contribution in [2.75, 3.05) is 31.1 Å². The largest absolute Gasteiger partial charge is 0.368 e. The van der Waals surface area contributed by atoms with Gasteiger partial charge in [0, 0.05) is 47.4 Å². The molecule has 0 radical (unpaired) electrons. The van der Waals surface area contributed by atoms with Crippen molar-refractivity contribution in [1.29, 1.82) is 0 Å². The smallest absolute Gasteiger partial charge is 0.0726 e. The van der Waals surface area contributed by atoms with E-state index in [-0.39, 0.29) is 0 Å². The average molecular weight is 306 g/mol. The van der Waals surface area contributed by atoms with Crippen molar-refractivity contribution in [3.8, 4) is 0 Å². The molecule has 2 aromatic rings. The fourth-order valence-electron chi connectivity index (χ4n) is 2.48. The highest BCUT2D eigenvalue weighted by atomic mass is 79.9. The molecule has 2 heterocycles. The molecule has 0 unspecified atom stereocenters. The van der Waals surface area contributed by atoms with Gasteiger partial charge in [-0.3, -0.25) is 4.98 Å². The second-order valence-electron chi connectivity index (χ2n) is 4.68. The first-order chi connectivity index (χ1) is 8.74. The molecule has 0 amide bonds. The number of hydrogen-bond acceptors (Lipinski definition) is 3. The van der Waals surface area contributed by atoms with Crippen LogP contribution in [0, 0.1) is 6.92 Å². The predicted molar refractivity (Wildman–Crippen MR) is 79.3 cm³/mol. The van der Waals surface area contributed by atoms with E-state index in [2.05, 4.69) is 62.3 Å². The van der Waals surface area contributed by atoms with Gasteiger partial charge in [0.25, 0.3) is 0 Å². The number of rotatable bonds is 1. The summed E-state index contributed by atoms with van der Waals surface area (Å²) in [6.45, 7) is 6.29. The molecule has 3 nitrogen and oxygen atoms in total. The lowest BCUT2D eigenvalue weighted by Crippen LogP contribution is -2.43. The van der Waals surface area contributed by atoms with Crippen molar-refractivity contribution in [1.82, 2.24) is 10.3 Å². The van der Waals surface area contributed by atoms with Crippen LogP contribution in [-0.4, -0.2) is 31.2 Å². The number of hydrogen-bond donors (Lipinski definition) is 1. The van der Waals surface area contributed by atoms with Gasteiger partial charge in [-0.2, -0.15) is 0 Å². The molecular formula is C14H16BrN3. The number of nitrogens with zero attached hydrogens (tertiary/aromatic N) is 2. The van der Waals surface area contributed by atoms with Crippen LogP contribution in [0.3, 0.4) is 0 Å². The Labute approximate surface area is 115 Å². The lowest BCUT2D eigenvalue weighted by Gasteiger charge is -2.30. The number of halogens is 1. The SMILES string of the molecule is Cc1cc(N2CCNCC2)c2cc(Br)ccc2n1. The second kappa shape index (κ2) is 4.86. The molecule has 0 atom stereocenters. The third-order valence-electron chi connectivity index (χ3n) is 3.33. The molecule has 0 bridgehead atoms. The minimum atomic E-state index is 1.05. The molecule has 1 aliphatic rings. The summed E-state index contributed by atoms with van der Waals surface area (Å²) in [7, 11) is 0. The van der Waals surface area contributed by atoms with Crippen molar-refractivity contribution >= 4 is 32.5 Å². The number of pyridine rings is 1. The van der Waals surface area contributed by atoms with E-state index in [4.69, 9.17) is 0 Å². The Hall–Kier alpha value is -1.13. The zero-order valence-electron chi connectivity index (χ0n) is 10.4. The number of aromatic nitrogens is 1. The number of nitrogens with one attached hydrogen (secondary N) is 1. The van der Waals surface area contributed by atoms with Crippen molar-refractivity contribution in [2.24, 2.45) is 0 Å². The van der Waals surface area contributed by atoms with E-state index >= 15 is 0 Å². The summed E-state index contributed by atoms with van der Waals surface area (Å²) in [4.78, 5) is 7.05. The molecule has 0 aliphatic carbocycles. The minimum Gasteiger partial charge on any atom is -0.368 e. The molecule has 1 aromatic carbocycles. The van der Waals surface area contributed by atoms with Gasteiger partial charge in [0.2, 0.25) is 0 Å². The molecule has 1 N–H and O–H groups in total. The third kappa shape index (κ3) is 2.22. The van der Waals surface area contributed by atoms with E-state index in [1.165, 1.54) is 11.1 Å². The highest BCUT2D eigenvalue weighted by Crippen LogP contribution is 2.29. The summed E-state index contributed by atoms with van der Waals surface area (Å²) in [6.07, 6.45) is 0. The van der Waals surface area contributed by atoms with Gasteiger partial charge < -0.3 is 10.2 Å². The van der Waals surface area contributed by atoms with Gasteiger partial charge >= 0.3 is 0 Å². The van der Waals surface area contributed by atoms with Crippen LogP contribution in [0.25, 0.3) is 10.9 Å². The Balaban J connectivity index is 2.16. The Bertz CT molecular complexity index is 577. The molecule has 0 saturated carbocycles. The summed E-state index contributed by atoms with van der Waals surface area (Å²) < 4.78 is 1.11. The number of anilines is 1. The van der Waals surface area contributed by atoms with Crippen LogP contribution in [0.2, 0.25) is 0 Å². The summed E-state index contributed by atoms with van der Waals surface area (Å²) >= 11 is 3.55. The van der Waals surface area contributed by atoms with Crippen molar-refractivity contribution in [3.63, 3.8) is 0 Å². The highest BCUT2D eigenvalue weighted by Gasteiger charge is 2.14. The molecule has 0 spiro atoms. The van der Waals surface area contributed by atoms with E-state index < -0.39 is 0 Å². The molecule has 18 heavy (non-hydrogen) atoms. The molecule has 4 heteroatoms. The fraction of sp³-hybridized carbons (Fsp3) is 0.357. The first-order valence-electron chi connectivity index (χ1n) is 6.26. The molecule has 3 rings (SSSR count). The number of benzene rings is 1. The number of aryl methyl sites for hydroxylation is 1. The molecular weight excluding hydrogens is 290 g/mol. The zero-order chi connectivity index (χ0) is 12.5. The monoisotopic (exact) mass is 305 g/mol. The van der Waals surface area contributed by atoms with Crippen molar-refractivity contribution in [2.45, 2.75) is 6.92 Å². The number of piperazine rings is 1. The maximum Gasteiger partial charge on any atom is 0.0726 e. The quantitative estimate of drug-likeness (QED) is 0.878. The van der Waals surface area contributed by atoms with E-state index in [1.807, 2.05) is 0 Å².